The molecule has 0 aromatic heterocycles. The number of halogens is 2. The van der Waals surface area contributed by atoms with E-state index < -0.39 is 21.6 Å². The van der Waals surface area contributed by atoms with Crippen molar-refractivity contribution >= 4 is 27.3 Å². The highest BCUT2D eigenvalue weighted by molar-refractivity contribution is 7.92. The number of sulfonamides is 1. The Kier molecular flexibility index (Phi) is 3.64. The minimum atomic E-state index is -4.08. The SMILES string of the molecule is O=S(=O)(Nc1cc(Cl)ccc1F)c1ccccc1O. The third kappa shape index (κ3) is 2.97. The van der Waals surface area contributed by atoms with E-state index in [9.17, 15) is 17.9 Å². The molecule has 0 atom stereocenters. The zero-order chi connectivity index (χ0) is 14.0. The largest absolute Gasteiger partial charge is 0.507 e. The first-order valence-corrected chi connectivity index (χ1v) is 7.02. The number of benzene rings is 2. The molecule has 100 valence electrons. The molecule has 0 spiro atoms. The van der Waals surface area contributed by atoms with E-state index in [2.05, 4.69) is 0 Å². The summed E-state index contributed by atoms with van der Waals surface area (Å²) in [5.41, 5.74) is -0.282. The average Bonchev–Trinajstić information content (AvgIpc) is 2.34. The summed E-state index contributed by atoms with van der Waals surface area (Å²) < 4.78 is 39.5. The van der Waals surface area contributed by atoms with Crippen LogP contribution in [0.5, 0.6) is 5.75 Å². The molecule has 0 saturated heterocycles. The second kappa shape index (κ2) is 5.07. The van der Waals surface area contributed by atoms with Crippen LogP contribution in [-0.2, 0) is 10.0 Å². The molecule has 0 heterocycles. The zero-order valence-corrected chi connectivity index (χ0v) is 11.0. The molecule has 2 rings (SSSR count). The van der Waals surface area contributed by atoms with Crippen LogP contribution in [0.2, 0.25) is 5.02 Å². The van der Waals surface area contributed by atoms with Crippen LogP contribution in [0.4, 0.5) is 10.1 Å². The number of phenolic OH excluding ortho intramolecular Hbond substituents is 1. The maximum Gasteiger partial charge on any atom is 0.265 e. The lowest BCUT2D eigenvalue weighted by atomic mass is 10.3. The van der Waals surface area contributed by atoms with Gasteiger partial charge in [0.05, 0.1) is 5.69 Å². The fourth-order valence-corrected chi connectivity index (χ4v) is 2.79. The van der Waals surface area contributed by atoms with Gasteiger partial charge in [0, 0.05) is 5.02 Å². The Hall–Kier alpha value is -1.79. The summed E-state index contributed by atoms with van der Waals surface area (Å²) >= 11 is 5.67. The molecule has 2 aromatic carbocycles. The minimum Gasteiger partial charge on any atom is -0.507 e. The van der Waals surface area contributed by atoms with Gasteiger partial charge in [-0.3, -0.25) is 4.72 Å². The number of anilines is 1. The van der Waals surface area contributed by atoms with Crippen LogP contribution in [0.1, 0.15) is 0 Å². The molecular weight excluding hydrogens is 293 g/mol. The van der Waals surface area contributed by atoms with Crippen molar-refractivity contribution in [3.8, 4) is 5.75 Å². The van der Waals surface area contributed by atoms with Gasteiger partial charge in [0.2, 0.25) is 0 Å². The second-order valence-electron chi connectivity index (χ2n) is 3.70. The highest BCUT2D eigenvalue weighted by atomic mass is 35.5. The zero-order valence-electron chi connectivity index (χ0n) is 9.47. The number of nitrogens with one attached hydrogen (secondary N) is 1. The molecule has 7 heteroatoms. The van der Waals surface area contributed by atoms with Gasteiger partial charge in [-0.15, -0.1) is 0 Å². The van der Waals surface area contributed by atoms with Gasteiger partial charge < -0.3 is 5.11 Å². The summed E-state index contributed by atoms with van der Waals surface area (Å²) in [5, 5.41) is 9.70. The van der Waals surface area contributed by atoms with Crippen molar-refractivity contribution in [1.29, 1.82) is 0 Å². The third-order valence-corrected chi connectivity index (χ3v) is 3.98. The first-order chi connectivity index (χ1) is 8.90. The van der Waals surface area contributed by atoms with Gasteiger partial charge in [-0.05, 0) is 30.3 Å². The minimum absolute atomic E-state index is 0.191. The lowest BCUT2D eigenvalue weighted by Crippen LogP contribution is -2.14. The predicted molar refractivity (Wildman–Crippen MR) is 70.3 cm³/mol. The molecule has 0 aliphatic rings. The summed E-state index contributed by atoms with van der Waals surface area (Å²) in [6.07, 6.45) is 0. The van der Waals surface area contributed by atoms with Crippen molar-refractivity contribution in [2.24, 2.45) is 0 Å². The third-order valence-electron chi connectivity index (χ3n) is 2.33. The quantitative estimate of drug-likeness (QED) is 0.916. The molecule has 0 radical (unpaired) electrons. The topological polar surface area (TPSA) is 66.4 Å². The van der Waals surface area contributed by atoms with Gasteiger partial charge >= 0.3 is 0 Å². The van der Waals surface area contributed by atoms with Crippen LogP contribution < -0.4 is 4.72 Å². The Morgan fingerprint density at radius 2 is 1.84 bits per heavy atom. The summed E-state index contributed by atoms with van der Waals surface area (Å²) in [6.45, 7) is 0. The van der Waals surface area contributed by atoms with Crippen molar-refractivity contribution in [3.05, 3.63) is 53.3 Å². The van der Waals surface area contributed by atoms with Crippen LogP contribution in [0, 0.1) is 5.82 Å². The van der Waals surface area contributed by atoms with Crippen molar-refractivity contribution in [1.82, 2.24) is 0 Å². The molecule has 0 aliphatic heterocycles. The molecule has 0 saturated carbocycles. The smallest absolute Gasteiger partial charge is 0.265 e. The summed E-state index contributed by atoms with van der Waals surface area (Å²) in [5.74, 6) is -1.18. The number of hydrogen-bond acceptors (Lipinski definition) is 3. The van der Waals surface area contributed by atoms with E-state index in [0.29, 0.717) is 0 Å². The molecule has 2 N–H and O–H groups in total. The molecule has 0 amide bonds. The van der Waals surface area contributed by atoms with Crippen LogP contribution in [0.15, 0.2) is 47.4 Å². The second-order valence-corrected chi connectivity index (χ2v) is 5.78. The van der Waals surface area contributed by atoms with Crippen molar-refractivity contribution in [2.75, 3.05) is 4.72 Å². The molecular formula is C12H9ClFNO3S. The molecule has 4 nitrogen and oxygen atoms in total. The fraction of sp³-hybridized carbons (Fsp3) is 0. The number of phenols is 1. The molecule has 0 aliphatic carbocycles. The highest BCUT2D eigenvalue weighted by Gasteiger charge is 2.19. The first kappa shape index (κ1) is 13.6. The lowest BCUT2D eigenvalue weighted by molar-refractivity contribution is 0.459. The summed E-state index contributed by atoms with van der Waals surface area (Å²) in [7, 11) is -4.08. The van der Waals surface area contributed by atoms with E-state index in [-0.39, 0.29) is 15.6 Å². The Bertz CT molecular complexity index is 719. The summed E-state index contributed by atoms with van der Waals surface area (Å²) in [4.78, 5) is -0.339. The maximum absolute atomic E-state index is 13.5. The maximum atomic E-state index is 13.5. The van der Waals surface area contributed by atoms with E-state index in [1.807, 2.05) is 4.72 Å². The van der Waals surface area contributed by atoms with E-state index in [4.69, 9.17) is 11.6 Å². The highest BCUT2D eigenvalue weighted by Crippen LogP contribution is 2.26. The molecule has 2 aromatic rings. The molecule has 0 fully saturated rings. The standard InChI is InChI=1S/C12H9ClFNO3S/c13-8-5-6-9(14)10(7-8)15-19(17,18)12-4-2-1-3-11(12)16/h1-7,15-16H. The van der Waals surface area contributed by atoms with E-state index >= 15 is 0 Å². The van der Waals surface area contributed by atoms with Gasteiger partial charge in [-0.1, -0.05) is 23.7 Å². The molecule has 0 unspecified atom stereocenters. The van der Waals surface area contributed by atoms with Crippen LogP contribution in [0.25, 0.3) is 0 Å². The van der Waals surface area contributed by atoms with Crippen molar-refractivity contribution in [2.45, 2.75) is 4.90 Å². The number of rotatable bonds is 3. The normalized spacial score (nSPS) is 11.3. The lowest BCUT2D eigenvalue weighted by Gasteiger charge is -2.10. The van der Waals surface area contributed by atoms with E-state index in [1.165, 1.54) is 30.3 Å². The first-order valence-electron chi connectivity index (χ1n) is 5.16. The van der Waals surface area contributed by atoms with E-state index in [0.717, 1.165) is 12.1 Å². The fourth-order valence-electron chi connectivity index (χ4n) is 1.46. The average molecular weight is 302 g/mol. The van der Waals surface area contributed by atoms with Crippen molar-refractivity contribution in [3.63, 3.8) is 0 Å². The summed E-state index contributed by atoms with van der Waals surface area (Å²) in [6, 6.07) is 8.86. The number of aromatic hydroxyl groups is 1. The Labute approximate surface area is 114 Å². The number of hydrogen-bond donors (Lipinski definition) is 2. The Morgan fingerprint density at radius 1 is 1.16 bits per heavy atom. The predicted octanol–water partition coefficient (Wildman–Crippen LogP) is 2.99. The molecule has 0 bridgehead atoms. The van der Waals surface area contributed by atoms with Crippen LogP contribution in [0.3, 0.4) is 0 Å². The number of para-hydroxylation sites is 1. The van der Waals surface area contributed by atoms with Crippen molar-refractivity contribution < 1.29 is 17.9 Å². The Balaban J connectivity index is 2.43. The Morgan fingerprint density at radius 3 is 2.53 bits per heavy atom. The monoisotopic (exact) mass is 301 g/mol. The van der Waals surface area contributed by atoms with Gasteiger partial charge in [0.15, 0.2) is 0 Å². The van der Waals surface area contributed by atoms with Gasteiger partial charge in [0.1, 0.15) is 16.5 Å². The van der Waals surface area contributed by atoms with Crippen LogP contribution >= 0.6 is 11.6 Å². The molecule has 19 heavy (non-hydrogen) atoms. The van der Waals surface area contributed by atoms with Gasteiger partial charge in [-0.25, -0.2) is 12.8 Å². The van der Waals surface area contributed by atoms with Gasteiger partial charge in [-0.2, -0.15) is 0 Å². The van der Waals surface area contributed by atoms with E-state index in [1.54, 1.807) is 0 Å². The van der Waals surface area contributed by atoms with Gasteiger partial charge in [0.25, 0.3) is 10.0 Å². The van der Waals surface area contributed by atoms with Crippen LogP contribution in [-0.4, -0.2) is 13.5 Å².